The van der Waals surface area contributed by atoms with Crippen molar-refractivity contribution >= 4 is 17.5 Å². The molecule has 0 aliphatic rings. The topological polar surface area (TPSA) is 70.6 Å². The predicted molar refractivity (Wildman–Crippen MR) is 64.1 cm³/mol. The number of hydrazone groups is 1. The van der Waals surface area contributed by atoms with Crippen LogP contribution in [0.5, 0.6) is 0 Å². The Balaban J connectivity index is 3.85. The molecule has 0 aliphatic carbocycles. The maximum atomic E-state index is 11.2. The minimum absolute atomic E-state index is 0.0773. The van der Waals surface area contributed by atoms with Crippen LogP contribution in [0.25, 0.3) is 0 Å². The summed E-state index contributed by atoms with van der Waals surface area (Å²) in [5.41, 5.74) is 3.04. The second-order valence-corrected chi connectivity index (χ2v) is 3.62. The number of carbonyl (C=O) groups excluding carboxylic acids is 2. The fourth-order valence-corrected chi connectivity index (χ4v) is 1.08. The van der Waals surface area contributed by atoms with Gasteiger partial charge in [-0.3, -0.25) is 9.59 Å². The van der Waals surface area contributed by atoms with Crippen LogP contribution in [0.4, 0.5) is 0 Å². The van der Waals surface area contributed by atoms with Crippen molar-refractivity contribution in [3.63, 3.8) is 0 Å². The fraction of sp³-hybridized carbons (Fsp3) is 0.727. The maximum Gasteiger partial charge on any atom is 0.240 e. The van der Waals surface area contributed by atoms with Gasteiger partial charge in [0.2, 0.25) is 11.8 Å². The molecule has 0 heterocycles. The van der Waals surface area contributed by atoms with Gasteiger partial charge in [-0.2, -0.15) is 5.10 Å². The van der Waals surface area contributed by atoms with E-state index >= 15 is 0 Å². The van der Waals surface area contributed by atoms with E-state index in [4.69, 9.17) is 0 Å². The van der Waals surface area contributed by atoms with Crippen LogP contribution in [0.15, 0.2) is 5.10 Å². The van der Waals surface area contributed by atoms with Gasteiger partial charge in [0, 0.05) is 18.7 Å². The van der Waals surface area contributed by atoms with Crippen LogP contribution in [0.1, 0.15) is 46.5 Å². The predicted octanol–water partition coefficient (Wildman–Crippen LogP) is 1.19. The summed E-state index contributed by atoms with van der Waals surface area (Å²) in [4.78, 5) is 22.4. The third kappa shape index (κ3) is 7.96. The molecule has 0 aromatic rings. The molecular weight excluding hydrogens is 206 g/mol. The quantitative estimate of drug-likeness (QED) is 0.506. The SMILES string of the molecule is CCCCC(=O)N/N=C(\C)CC(=O)NCC. The Morgan fingerprint density at radius 2 is 1.88 bits per heavy atom. The van der Waals surface area contributed by atoms with E-state index in [0.29, 0.717) is 18.7 Å². The fourth-order valence-electron chi connectivity index (χ4n) is 1.08. The van der Waals surface area contributed by atoms with Crippen LogP contribution in [-0.4, -0.2) is 24.1 Å². The van der Waals surface area contributed by atoms with Crippen LogP contribution >= 0.6 is 0 Å². The minimum Gasteiger partial charge on any atom is -0.356 e. The summed E-state index contributed by atoms with van der Waals surface area (Å²) in [6.07, 6.45) is 2.54. The van der Waals surface area contributed by atoms with Crippen LogP contribution in [0.3, 0.4) is 0 Å². The summed E-state index contributed by atoms with van der Waals surface area (Å²) in [5, 5.41) is 6.52. The van der Waals surface area contributed by atoms with Gasteiger partial charge in [0.15, 0.2) is 0 Å². The third-order valence-electron chi connectivity index (χ3n) is 1.92. The van der Waals surface area contributed by atoms with Crippen molar-refractivity contribution in [3.05, 3.63) is 0 Å². The lowest BCUT2D eigenvalue weighted by Gasteiger charge is -2.02. The van der Waals surface area contributed by atoms with E-state index in [0.717, 1.165) is 12.8 Å². The van der Waals surface area contributed by atoms with Crippen LogP contribution in [0, 0.1) is 0 Å². The van der Waals surface area contributed by atoms with E-state index in [9.17, 15) is 9.59 Å². The number of hydrogen-bond acceptors (Lipinski definition) is 3. The normalized spacial score (nSPS) is 11.1. The number of rotatable bonds is 7. The second kappa shape index (κ2) is 8.88. The van der Waals surface area contributed by atoms with Crippen molar-refractivity contribution in [2.45, 2.75) is 46.5 Å². The van der Waals surface area contributed by atoms with E-state index in [1.807, 2.05) is 13.8 Å². The van der Waals surface area contributed by atoms with E-state index in [1.54, 1.807) is 6.92 Å². The monoisotopic (exact) mass is 227 g/mol. The molecular formula is C11H21N3O2. The lowest BCUT2D eigenvalue weighted by Crippen LogP contribution is -2.26. The average Bonchev–Trinajstić information content (AvgIpc) is 2.23. The lowest BCUT2D eigenvalue weighted by molar-refractivity contribution is -0.121. The zero-order valence-electron chi connectivity index (χ0n) is 10.3. The van der Waals surface area contributed by atoms with Crippen LogP contribution in [-0.2, 0) is 9.59 Å². The molecule has 0 aromatic carbocycles. The van der Waals surface area contributed by atoms with E-state index in [2.05, 4.69) is 15.8 Å². The van der Waals surface area contributed by atoms with Gasteiger partial charge >= 0.3 is 0 Å². The molecule has 92 valence electrons. The van der Waals surface area contributed by atoms with Crippen molar-refractivity contribution in [2.24, 2.45) is 5.10 Å². The zero-order chi connectivity index (χ0) is 12.4. The largest absolute Gasteiger partial charge is 0.356 e. The van der Waals surface area contributed by atoms with Crippen molar-refractivity contribution in [1.82, 2.24) is 10.7 Å². The highest BCUT2D eigenvalue weighted by molar-refractivity contribution is 6.00. The summed E-state index contributed by atoms with van der Waals surface area (Å²) >= 11 is 0. The molecule has 0 unspecified atom stereocenters. The molecule has 0 fully saturated rings. The molecule has 0 spiro atoms. The molecule has 0 aliphatic heterocycles. The average molecular weight is 227 g/mol. The highest BCUT2D eigenvalue weighted by Gasteiger charge is 2.03. The van der Waals surface area contributed by atoms with Crippen molar-refractivity contribution < 1.29 is 9.59 Å². The highest BCUT2D eigenvalue weighted by Crippen LogP contribution is 1.93. The van der Waals surface area contributed by atoms with Crippen molar-refractivity contribution in [2.75, 3.05) is 6.54 Å². The first-order valence-electron chi connectivity index (χ1n) is 5.68. The number of nitrogens with zero attached hydrogens (tertiary/aromatic N) is 1. The Hall–Kier alpha value is -1.39. The standard InChI is InChI=1S/C11H21N3O2/c1-4-6-7-10(15)14-13-9(3)8-11(16)12-5-2/h4-8H2,1-3H3,(H,12,16)(H,14,15)/b13-9+. The summed E-state index contributed by atoms with van der Waals surface area (Å²) in [5.74, 6) is -0.177. The Kier molecular flexibility index (Phi) is 8.11. The Morgan fingerprint density at radius 1 is 1.19 bits per heavy atom. The Bertz CT molecular complexity index is 262. The number of unbranched alkanes of at least 4 members (excludes halogenated alkanes) is 1. The van der Waals surface area contributed by atoms with Gasteiger partial charge in [-0.25, -0.2) is 5.43 Å². The molecule has 0 bridgehead atoms. The second-order valence-electron chi connectivity index (χ2n) is 3.62. The molecule has 5 heteroatoms. The van der Waals surface area contributed by atoms with Crippen LogP contribution < -0.4 is 10.7 Å². The summed E-state index contributed by atoms with van der Waals surface area (Å²) in [6.45, 7) is 6.21. The lowest BCUT2D eigenvalue weighted by atomic mass is 10.2. The summed E-state index contributed by atoms with van der Waals surface area (Å²) in [6, 6.07) is 0. The van der Waals surface area contributed by atoms with Gasteiger partial charge in [-0.05, 0) is 20.3 Å². The first-order valence-corrected chi connectivity index (χ1v) is 5.68. The van der Waals surface area contributed by atoms with Crippen molar-refractivity contribution in [1.29, 1.82) is 0 Å². The first kappa shape index (κ1) is 14.6. The molecule has 16 heavy (non-hydrogen) atoms. The van der Waals surface area contributed by atoms with E-state index < -0.39 is 0 Å². The minimum atomic E-state index is -0.0999. The molecule has 0 saturated heterocycles. The van der Waals surface area contributed by atoms with Crippen LogP contribution in [0.2, 0.25) is 0 Å². The first-order chi connectivity index (χ1) is 7.60. The Morgan fingerprint density at radius 3 is 2.44 bits per heavy atom. The molecule has 0 atom stereocenters. The summed E-state index contributed by atoms with van der Waals surface area (Å²) in [7, 11) is 0. The van der Waals surface area contributed by atoms with Crippen molar-refractivity contribution in [3.8, 4) is 0 Å². The number of amides is 2. The molecule has 5 nitrogen and oxygen atoms in total. The van der Waals surface area contributed by atoms with E-state index in [-0.39, 0.29) is 18.2 Å². The Labute approximate surface area is 96.7 Å². The van der Waals surface area contributed by atoms with Gasteiger partial charge in [0.05, 0.1) is 6.42 Å². The number of carbonyl (C=O) groups is 2. The van der Waals surface area contributed by atoms with Gasteiger partial charge in [-0.15, -0.1) is 0 Å². The highest BCUT2D eigenvalue weighted by atomic mass is 16.2. The smallest absolute Gasteiger partial charge is 0.240 e. The van der Waals surface area contributed by atoms with E-state index in [1.165, 1.54) is 0 Å². The summed E-state index contributed by atoms with van der Waals surface area (Å²) < 4.78 is 0. The zero-order valence-corrected chi connectivity index (χ0v) is 10.3. The van der Waals surface area contributed by atoms with Gasteiger partial charge in [0.1, 0.15) is 0 Å². The molecule has 0 aromatic heterocycles. The van der Waals surface area contributed by atoms with Gasteiger partial charge in [-0.1, -0.05) is 13.3 Å². The number of nitrogens with one attached hydrogen (secondary N) is 2. The van der Waals surface area contributed by atoms with Gasteiger partial charge in [0.25, 0.3) is 0 Å². The molecule has 0 radical (unpaired) electrons. The maximum absolute atomic E-state index is 11.2. The number of hydrogen-bond donors (Lipinski definition) is 2. The third-order valence-corrected chi connectivity index (χ3v) is 1.92. The van der Waals surface area contributed by atoms with Gasteiger partial charge < -0.3 is 5.32 Å². The molecule has 2 amide bonds. The molecule has 0 saturated carbocycles. The molecule has 2 N–H and O–H groups in total. The molecule has 0 rings (SSSR count).